The molecular formula is C21H31NO3. The van der Waals surface area contributed by atoms with E-state index in [0.717, 1.165) is 50.3 Å². The first-order chi connectivity index (χ1) is 12.0. The summed E-state index contributed by atoms with van der Waals surface area (Å²) >= 11 is 0. The largest absolute Gasteiger partial charge is 0.504 e. The van der Waals surface area contributed by atoms with Crippen molar-refractivity contribution in [2.75, 3.05) is 13.1 Å². The Bertz CT molecular complexity index is 630. The van der Waals surface area contributed by atoms with Gasteiger partial charge >= 0.3 is 0 Å². The molecule has 138 valence electrons. The van der Waals surface area contributed by atoms with Gasteiger partial charge in [-0.25, -0.2) is 0 Å². The number of phenols is 2. The summed E-state index contributed by atoms with van der Waals surface area (Å²) in [6.45, 7) is 4.34. The van der Waals surface area contributed by atoms with Crippen LogP contribution in [0, 0.1) is 11.8 Å². The average molecular weight is 345 g/mol. The van der Waals surface area contributed by atoms with Gasteiger partial charge in [-0.2, -0.15) is 0 Å². The van der Waals surface area contributed by atoms with Crippen LogP contribution in [0.25, 0.3) is 0 Å². The molecule has 4 rings (SSSR count). The number of rotatable bonds is 4. The zero-order chi connectivity index (χ0) is 17.6. The van der Waals surface area contributed by atoms with Gasteiger partial charge in [0.25, 0.3) is 0 Å². The van der Waals surface area contributed by atoms with E-state index in [2.05, 4.69) is 11.8 Å². The quantitative estimate of drug-likeness (QED) is 0.730. The lowest BCUT2D eigenvalue weighted by Gasteiger charge is -2.56. The lowest BCUT2D eigenvalue weighted by Crippen LogP contribution is -2.64. The highest BCUT2D eigenvalue weighted by Crippen LogP contribution is 2.49. The SMILES string of the molecule is CC(c1ccc(O)c(O)c1)[C@H]1N(CC2CC2)CCC2CCCCC21O. The molecule has 1 aromatic rings. The van der Waals surface area contributed by atoms with E-state index in [1.165, 1.54) is 19.3 Å². The first-order valence-corrected chi connectivity index (χ1v) is 9.97. The van der Waals surface area contributed by atoms with Gasteiger partial charge in [0.05, 0.1) is 5.60 Å². The van der Waals surface area contributed by atoms with E-state index < -0.39 is 5.60 Å². The lowest BCUT2D eigenvalue weighted by atomic mass is 9.63. The van der Waals surface area contributed by atoms with Crippen LogP contribution in [0.5, 0.6) is 11.5 Å². The van der Waals surface area contributed by atoms with Gasteiger partial charge < -0.3 is 15.3 Å². The predicted octanol–water partition coefficient (Wildman–Crippen LogP) is 3.61. The van der Waals surface area contributed by atoms with E-state index in [1.807, 2.05) is 6.07 Å². The van der Waals surface area contributed by atoms with Crippen LogP contribution in [0.15, 0.2) is 18.2 Å². The van der Waals surface area contributed by atoms with Crippen LogP contribution in [-0.4, -0.2) is 45.0 Å². The first kappa shape index (κ1) is 17.2. The topological polar surface area (TPSA) is 63.9 Å². The Balaban J connectivity index is 1.67. The predicted molar refractivity (Wildman–Crippen MR) is 97.8 cm³/mol. The number of benzene rings is 1. The van der Waals surface area contributed by atoms with E-state index in [-0.39, 0.29) is 23.5 Å². The molecule has 3 N–H and O–H groups in total. The van der Waals surface area contributed by atoms with Gasteiger partial charge in [-0.1, -0.05) is 25.8 Å². The Hall–Kier alpha value is -1.26. The van der Waals surface area contributed by atoms with Gasteiger partial charge in [-0.15, -0.1) is 0 Å². The Morgan fingerprint density at radius 1 is 1.12 bits per heavy atom. The van der Waals surface area contributed by atoms with Crippen molar-refractivity contribution in [3.8, 4) is 11.5 Å². The summed E-state index contributed by atoms with van der Waals surface area (Å²) in [4.78, 5) is 2.54. The van der Waals surface area contributed by atoms with Crippen molar-refractivity contribution in [2.45, 2.75) is 69.4 Å². The van der Waals surface area contributed by atoms with Crippen molar-refractivity contribution in [1.29, 1.82) is 0 Å². The zero-order valence-electron chi connectivity index (χ0n) is 15.2. The van der Waals surface area contributed by atoms with Crippen molar-refractivity contribution >= 4 is 0 Å². The van der Waals surface area contributed by atoms with E-state index in [1.54, 1.807) is 12.1 Å². The number of aromatic hydroxyl groups is 2. The minimum atomic E-state index is -0.627. The third kappa shape index (κ3) is 3.15. The molecule has 0 bridgehead atoms. The number of piperidine rings is 1. The maximum Gasteiger partial charge on any atom is 0.157 e. The van der Waals surface area contributed by atoms with Crippen molar-refractivity contribution in [3.63, 3.8) is 0 Å². The molecule has 25 heavy (non-hydrogen) atoms. The number of aliphatic hydroxyl groups is 1. The van der Waals surface area contributed by atoms with Crippen LogP contribution in [0.3, 0.4) is 0 Å². The molecule has 2 saturated carbocycles. The van der Waals surface area contributed by atoms with Gasteiger partial charge in [0.2, 0.25) is 0 Å². The molecule has 3 unspecified atom stereocenters. The Labute approximate surface area is 150 Å². The standard InChI is InChI=1S/C21H31NO3/c1-14(16-7-8-18(23)19(24)12-16)20-21(25)10-3-2-4-17(21)9-11-22(20)13-15-5-6-15/h7-8,12,14-15,17,20,23-25H,2-6,9-11,13H2,1H3/t14?,17?,20-,21?/m1/s1. The zero-order valence-corrected chi connectivity index (χ0v) is 15.2. The molecule has 4 atom stereocenters. The second-order valence-corrected chi connectivity index (χ2v) is 8.64. The molecule has 1 heterocycles. The summed E-state index contributed by atoms with van der Waals surface area (Å²) in [6, 6.07) is 5.23. The van der Waals surface area contributed by atoms with Crippen LogP contribution in [0.1, 0.15) is 63.4 Å². The summed E-state index contributed by atoms with van der Waals surface area (Å²) in [6.07, 6.45) is 8.10. The number of fused-ring (bicyclic) bond motifs is 1. The lowest BCUT2D eigenvalue weighted by molar-refractivity contribution is -0.148. The summed E-state index contributed by atoms with van der Waals surface area (Å²) in [5.74, 6) is 1.17. The molecule has 1 aromatic carbocycles. The molecule has 4 nitrogen and oxygen atoms in total. The molecule has 0 aromatic heterocycles. The second-order valence-electron chi connectivity index (χ2n) is 8.64. The monoisotopic (exact) mass is 345 g/mol. The molecule has 1 saturated heterocycles. The van der Waals surface area contributed by atoms with Crippen LogP contribution in [-0.2, 0) is 0 Å². The van der Waals surface area contributed by atoms with Crippen molar-refractivity contribution in [2.24, 2.45) is 11.8 Å². The highest BCUT2D eigenvalue weighted by molar-refractivity contribution is 5.42. The van der Waals surface area contributed by atoms with Gasteiger partial charge in [0.1, 0.15) is 0 Å². The normalized spacial score (nSPS) is 34.5. The molecule has 3 fully saturated rings. The second kappa shape index (κ2) is 6.48. The molecule has 3 aliphatic rings. The number of phenolic OH excluding ortho intramolecular Hbond substituents is 2. The third-order valence-electron chi connectivity index (χ3n) is 6.95. The molecule has 2 aliphatic carbocycles. The minimum absolute atomic E-state index is 0.0684. The van der Waals surface area contributed by atoms with E-state index in [4.69, 9.17) is 0 Å². The maximum atomic E-state index is 11.8. The first-order valence-electron chi connectivity index (χ1n) is 9.97. The Morgan fingerprint density at radius 3 is 2.64 bits per heavy atom. The number of hydrogen-bond acceptors (Lipinski definition) is 4. The third-order valence-corrected chi connectivity index (χ3v) is 6.95. The van der Waals surface area contributed by atoms with Crippen LogP contribution >= 0.6 is 0 Å². The van der Waals surface area contributed by atoms with E-state index >= 15 is 0 Å². The molecular weight excluding hydrogens is 314 g/mol. The average Bonchev–Trinajstić information content (AvgIpc) is 3.40. The molecule has 0 radical (unpaired) electrons. The summed E-state index contributed by atoms with van der Waals surface area (Å²) in [5, 5.41) is 31.3. The Kier molecular flexibility index (Phi) is 4.45. The van der Waals surface area contributed by atoms with Gasteiger partial charge in [0, 0.05) is 12.6 Å². The van der Waals surface area contributed by atoms with Gasteiger partial charge in [-0.3, -0.25) is 4.90 Å². The van der Waals surface area contributed by atoms with Crippen molar-refractivity contribution in [1.82, 2.24) is 4.90 Å². The fraction of sp³-hybridized carbons (Fsp3) is 0.714. The molecule has 4 heteroatoms. The van der Waals surface area contributed by atoms with Crippen molar-refractivity contribution < 1.29 is 15.3 Å². The highest BCUT2D eigenvalue weighted by atomic mass is 16.3. The summed E-state index contributed by atoms with van der Waals surface area (Å²) in [7, 11) is 0. The van der Waals surface area contributed by atoms with Crippen LogP contribution in [0.2, 0.25) is 0 Å². The highest BCUT2D eigenvalue weighted by Gasteiger charge is 2.53. The smallest absolute Gasteiger partial charge is 0.157 e. The number of hydrogen-bond donors (Lipinski definition) is 3. The minimum Gasteiger partial charge on any atom is -0.504 e. The fourth-order valence-corrected chi connectivity index (χ4v) is 5.41. The maximum absolute atomic E-state index is 11.8. The summed E-state index contributed by atoms with van der Waals surface area (Å²) in [5.41, 5.74) is 0.374. The van der Waals surface area contributed by atoms with Crippen molar-refractivity contribution in [3.05, 3.63) is 23.8 Å². The molecule has 1 aliphatic heterocycles. The number of likely N-dealkylation sites (tertiary alicyclic amines) is 1. The van der Waals surface area contributed by atoms with Gasteiger partial charge in [-0.05, 0) is 74.1 Å². The van der Waals surface area contributed by atoms with E-state index in [0.29, 0.717) is 5.92 Å². The molecule has 0 spiro atoms. The number of nitrogens with zero attached hydrogens (tertiary/aromatic N) is 1. The fourth-order valence-electron chi connectivity index (χ4n) is 5.41. The molecule has 0 amide bonds. The Morgan fingerprint density at radius 2 is 1.92 bits per heavy atom. The van der Waals surface area contributed by atoms with E-state index in [9.17, 15) is 15.3 Å². The van der Waals surface area contributed by atoms with Crippen LogP contribution in [0.4, 0.5) is 0 Å². The van der Waals surface area contributed by atoms with Crippen LogP contribution < -0.4 is 0 Å². The van der Waals surface area contributed by atoms with Gasteiger partial charge in [0.15, 0.2) is 11.5 Å². The summed E-state index contributed by atoms with van der Waals surface area (Å²) < 4.78 is 0.